The van der Waals surface area contributed by atoms with Crippen molar-refractivity contribution in [2.45, 2.75) is 30.6 Å². The van der Waals surface area contributed by atoms with E-state index < -0.39 is 0 Å². The second-order valence-electron chi connectivity index (χ2n) is 8.24. The first-order valence-electron chi connectivity index (χ1n) is 11.1. The van der Waals surface area contributed by atoms with E-state index in [4.69, 9.17) is 0 Å². The molecule has 0 spiro atoms. The Kier molecular flexibility index (Phi) is 7.80. The highest BCUT2D eigenvalue weighted by atomic mass is 32.2. The van der Waals surface area contributed by atoms with E-state index in [0.29, 0.717) is 11.3 Å². The SMILES string of the molecule is Cn1ccnc1SCC(=O)Nc1ccc(C(=O)NC2CCN(Cc3ccccc3)CC2)cc1. The number of hydrogen-bond donors (Lipinski definition) is 2. The monoisotopic (exact) mass is 463 g/mol. The second kappa shape index (κ2) is 11.2. The van der Waals surface area contributed by atoms with Gasteiger partial charge in [-0.15, -0.1) is 0 Å². The first-order chi connectivity index (χ1) is 16.1. The number of aryl methyl sites for hydroxylation is 1. The van der Waals surface area contributed by atoms with Crippen LogP contribution < -0.4 is 10.6 Å². The lowest BCUT2D eigenvalue weighted by molar-refractivity contribution is -0.113. The summed E-state index contributed by atoms with van der Waals surface area (Å²) in [5, 5.41) is 6.81. The van der Waals surface area contributed by atoms with Crippen molar-refractivity contribution >= 4 is 29.3 Å². The number of rotatable bonds is 8. The van der Waals surface area contributed by atoms with Gasteiger partial charge in [0.25, 0.3) is 5.91 Å². The van der Waals surface area contributed by atoms with Gasteiger partial charge in [-0.25, -0.2) is 4.98 Å². The van der Waals surface area contributed by atoms with Gasteiger partial charge in [0.05, 0.1) is 5.75 Å². The van der Waals surface area contributed by atoms with Crippen LogP contribution in [-0.2, 0) is 18.4 Å². The Balaban J connectivity index is 1.20. The van der Waals surface area contributed by atoms with Crippen LogP contribution in [0.15, 0.2) is 72.1 Å². The highest BCUT2D eigenvalue weighted by molar-refractivity contribution is 7.99. The summed E-state index contributed by atoms with van der Waals surface area (Å²) in [5.41, 5.74) is 2.59. The lowest BCUT2D eigenvalue weighted by Gasteiger charge is -2.32. The number of piperidine rings is 1. The molecule has 2 heterocycles. The molecule has 0 bridgehead atoms. The zero-order chi connectivity index (χ0) is 23.0. The van der Waals surface area contributed by atoms with Gasteiger partial charge >= 0.3 is 0 Å². The van der Waals surface area contributed by atoms with Crippen LogP contribution in [0.4, 0.5) is 5.69 Å². The van der Waals surface area contributed by atoms with Crippen LogP contribution in [0.1, 0.15) is 28.8 Å². The summed E-state index contributed by atoms with van der Waals surface area (Å²) in [6.07, 6.45) is 5.44. The van der Waals surface area contributed by atoms with Crippen molar-refractivity contribution in [2.75, 3.05) is 24.2 Å². The molecule has 7 nitrogen and oxygen atoms in total. The number of hydrogen-bond acceptors (Lipinski definition) is 5. The van der Waals surface area contributed by atoms with Crippen LogP contribution in [0.3, 0.4) is 0 Å². The molecule has 4 rings (SSSR count). The Morgan fingerprint density at radius 1 is 1.06 bits per heavy atom. The minimum atomic E-state index is -0.109. The molecule has 8 heteroatoms. The molecule has 2 amide bonds. The highest BCUT2D eigenvalue weighted by Crippen LogP contribution is 2.17. The average Bonchev–Trinajstić information content (AvgIpc) is 3.25. The van der Waals surface area contributed by atoms with Gasteiger partial charge in [-0.2, -0.15) is 0 Å². The molecule has 33 heavy (non-hydrogen) atoms. The molecule has 172 valence electrons. The van der Waals surface area contributed by atoms with Crippen LogP contribution in [0.25, 0.3) is 0 Å². The number of likely N-dealkylation sites (tertiary alicyclic amines) is 1. The summed E-state index contributed by atoms with van der Waals surface area (Å²) in [4.78, 5) is 31.5. The molecule has 0 aliphatic carbocycles. The fraction of sp³-hybridized carbons (Fsp3) is 0.320. The predicted molar refractivity (Wildman–Crippen MR) is 131 cm³/mol. The number of carbonyl (C=O) groups is 2. The van der Waals surface area contributed by atoms with Crippen LogP contribution in [0.5, 0.6) is 0 Å². The topological polar surface area (TPSA) is 79.3 Å². The van der Waals surface area contributed by atoms with Crippen LogP contribution in [-0.4, -0.2) is 51.1 Å². The normalized spacial score (nSPS) is 14.7. The zero-order valence-corrected chi connectivity index (χ0v) is 19.6. The van der Waals surface area contributed by atoms with Crippen LogP contribution in [0, 0.1) is 0 Å². The molecule has 2 aromatic carbocycles. The standard InChI is InChI=1S/C25H29N5O2S/c1-29-16-13-26-25(29)33-18-23(31)27-21-9-7-20(8-10-21)24(32)28-22-11-14-30(15-12-22)17-19-5-3-2-4-6-19/h2-10,13,16,22H,11-12,14-15,17-18H2,1H3,(H,27,31)(H,28,32). The van der Waals surface area contributed by atoms with Crippen molar-refractivity contribution < 1.29 is 9.59 Å². The number of carbonyl (C=O) groups excluding carboxylic acids is 2. The van der Waals surface area contributed by atoms with E-state index in [2.05, 4.69) is 44.8 Å². The minimum Gasteiger partial charge on any atom is -0.349 e. The summed E-state index contributed by atoms with van der Waals surface area (Å²) in [5.74, 6) is 0.0953. The van der Waals surface area contributed by atoms with Gasteiger partial charge in [-0.3, -0.25) is 14.5 Å². The molecular formula is C25H29N5O2S. The summed E-state index contributed by atoms with van der Waals surface area (Å²) >= 11 is 1.38. The fourth-order valence-corrected chi connectivity index (χ4v) is 4.60. The molecule has 3 aromatic rings. The summed E-state index contributed by atoms with van der Waals surface area (Å²) in [6.45, 7) is 2.90. The van der Waals surface area contributed by atoms with Crippen molar-refractivity contribution in [3.05, 3.63) is 78.1 Å². The highest BCUT2D eigenvalue weighted by Gasteiger charge is 2.21. The van der Waals surface area contributed by atoms with Gasteiger partial charge in [0.1, 0.15) is 0 Å². The van der Waals surface area contributed by atoms with E-state index in [-0.39, 0.29) is 23.6 Å². The van der Waals surface area contributed by atoms with Crippen molar-refractivity contribution in [2.24, 2.45) is 7.05 Å². The number of imidazole rings is 1. The third kappa shape index (κ3) is 6.69. The number of anilines is 1. The lowest BCUT2D eigenvalue weighted by atomic mass is 10.0. The third-order valence-corrected chi connectivity index (χ3v) is 6.77. The Morgan fingerprint density at radius 2 is 1.79 bits per heavy atom. The Labute approximate surface area is 198 Å². The van der Waals surface area contributed by atoms with Gasteiger partial charge in [0.15, 0.2) is 5.16 Å². The van der Waals surface area contributed by atoms with Crippen molar-refractivity contribution in [3.63, 3.8) is 0 Å². The predicted octanol–water partition coefficient (Wildman–Crippen LogP) is 3.55. The number of amides is 2. The van der Waals surface area contributed by atoms with Gasteiger partial charge in [0.2, 0.25) is 5.91 Å². The number of aromatic nitrogens is 2. The van der Waals surface area contributed by atoms with Gasteiger partial charge in [0, 0.05) is 56.4 Å². The summed E-state index contributed by atoms with van der Waals surface area (Å²) in [7, 11) is 1.89. The molecule has 0 unspecified atom stereocenters. The van der Waals surface area contributed by atoms with Gasteiger partial charge in [-0.05, 0) is 42.7 Å². The molecule has 0 saturated carbocycles. The maximum atomic E-state index is 12.7. The third-order valence-electron chi connectivity index (χ3n) is 5.71. The molecule has 0 atom stereocenters. The summed E-state index contributed by atoms with van der Waals surface area (Å²) < 4.78 is 1.87. The molecule has 1 aromatic heterocycles. The first-order valence-corrected chi connectivity index (χ1v) is 12.1. The lowest BCUT2D eigenvalue weighted by Crippen LogP contribution is -2.44. The molecule has 0 radical (unpaired) electrons. The molecule has 2 N–H and O–H groups in total. The Morgan fingerprint density at radius 3 is 2.45 bits per heavy atom. The Bertz CT molecular complexity index is 1060. The van der Waals surface area contributed by atoms with Gasteiger partial charge < -0.3 is 15.2 Å². The van der Waals surface area contributed by atoms with E-state index >= 15 is 0 Å². The largest absolute Gasteiger partial charge is 0.349 e. The maximum absolute atomic E-state index is 12.7. The first kappa shape index (κ1) is 23.1. The van der Waals surface area contributed by atoms with Crippen molar-refractivity contribution in [1.29, 1.82) is 0 Å². The maximum Gasteiger partial charge on any atom is 0.251 e. The van der Waals surface area contributed by atoms with Crippen molar-refractivity contribution in [1.82, 2.24) is 19.8 Å². The van der Waals surface area contributed by atoms with E-state index in [1.807, 2.05) is 23.9 Å². The quantitative estimate of drug-likeness (QED) is 0.500. The van der Waals surface area contributed by atoms with Gasteiger partial charge in [-0.1, -0.05) is 42.1 Å². The van der Waals surface area contributed by atoms with Crippen LogP contribution >= 0.6 is 11.8 Å². The number of nitrogens with zero attached hydrogens (tertiary/aromatic N) is 3. The second-order valence-corrected chi connectivity index (χ2v) is 9.19. The molecule has 1 aliphatic heterocycles. The molecular weight excluding hydrogens is 434 g/mol. The number of nitrogens with one attached hydrogen (secondary N) is 2. The number of thioether (sulfide) groups is 1. The molecule has 1 saturated heterocycles. The number of benzene rings is 2. The van der Waals surface area contributed by atoms with E-state index in [1.54, 1.807) is 30.5 Å². The Hall–Kier alpha value is -3.10. The van der Waals surface area contributed by atoms with E-state index in [0.717, 1.165) is 37.6 Å². The fourth-order valence-electron chi connectivity index (χ4n) is 3.87. The van der Waals surface area contributed by atoms with Crippen molar-refractivity contribution in [3.8, 4) is 0 Å². The van der Waals surface area contributed by atoms with E-state index in [1.165, 1.54) is 17.3 Å². The van der Waals surface area contributed by atoms with E-state index in [9.17, 15) is 9.59 Å². The smallest absolute Gasteiger partial charge is 0.251 e. The molecule has 1 aliphatic rings. The zero-order valence-electron chi connectivity index (χ0n) is 18.7. The van der Waals surface area contributed by atoms with Crippen LogP contribution in [0.2, 0.25) is 0 Å². The summed E-state index contributed by atoms with van der Waals surface area (Å²) in [6, 6.07) is 17.7. The molecule has 1 fully saturated rings. The average molecular weight is 464 g/mol. The minimum absolute atomic E-state index is 0.0697.